The van der Waals surface area contributed by atoms with Gasteiger partial charge in [0.1, 0.15) is 0 Å². The Morgan fingerprint density at radius 1 is 1.50 bits per heavy atom. The van der Waals surface area contributed by atoms with E-state index in [0.717, 1.165) is 36.6 Å². The number of nitrogens with zero attached hydrogens (tertiary/aromatic N) is 1. The van der Waals surface area contributed by atoms with Crippen molar-refractivity contribution in [1.82, 2.24) is 4.90 Å². The molecule has 1 aliphatic rings. The molecule has 2 nitrogen and oxygen atoms in total. The average molecular weight is 261 g/mol. The van der Waals surface area contributed by atoms with E-state index in [9.17, 15) is 0 Å². The van der Waals surface area contributed by atoms with Gasteiger partial charge >= 0.3 is 0 Å². The van der Waals surface area contributed by atoms with Crippen molar-refractivity contribution in [3.05, 3.63) is 34.3 Å². The molecule has 0 bridgehead atoms. The first kappa shape index (κ1) is 13.8. The lowest BCUT2D eigenvalue weighted by Crippen LogP contribution is -2.26. The van der Waals surface area contributed by atoms with E-state index in [1.165, 1.54) is 5.56 Å². The first-order valence-electron chi connectivity index (χ1n) is 5.38. The third kappa shape index (κ3) is 3.36. The second kappa shape index (κ2) is 5.87. The maximum absolute atomic E-state index is 5.99. The molecule has 0 radical (unpaired) electrons. The van der Waals surface area contributed by atoms with Crippen molar-refractivity contribution in [2.75, 3.05) is 13.1 Å². The monoisotopic (exact) mass is 260 g/mol. The molecular formula is C12H18Cl2N2. The molecule has 0 aromatic heterocycles. The first-order valence-corrected chi connectivity index (χ1v) is 5.76. The van der Waals surface area contributed by atoms with Gasteiger partial charge in [0.2, 0.25) is 0 Å². The van der Waals surface area contributed by atoms with Crippen LogP contribution in [0.1, 0.15) is 17.5 Å². The molecule has 0 unspecified atom stereocenters. The van der Waals surface area contributed by atoms with E-state index in [1.807, 2.05) is 13.0 Å². The molecule has 0 saturated carbocycles. The number of nitrogens with two attached hydrogens (primary N) is 1. The van der Waals surface area contributed by atoms with E-state index in [-0.39, 0.29) is 12.4 Å². The van der Waals surface area contributed by atoms with Crippen molar-refractivity contribution in [1.29, 1.82) is 0 Å². The lowest BCUT2D eigenvalue weighted by Gasteiger charge is -2.15. The molecule has 1 aromatic carbocycles. The van der Waals surface area contributed by atoms with Crippen LogP contribution < -0.4 is 5.73 Å². The Morgan fingerprint density at radius 2 is 2.25 bits per heavy atom. The molecule has 1 fully saturated rings. The quantitative estimate of drug-likeness (QED) is 0.886. The highest BCUT2D eigenvalue weighted by atomic mass is 35.5. The summed E-state index contributed by atoms with van der Waals surface area (Å²) in [5, 5.41) is 0.844. The number of halogens is 2. The Labute approximate surface area is 108 Å². The van der Waals surface area contributed by atoms with Gasteiger partial charge in [-0.15, -0.1) is 12.4 Å². The summed E-state index contributed by atoms with van der Waals surface area (Å²) < 4.78 is 0. The van der Waals surface area contributed by atoms with Crippen LogP contribution in [0.5, 0.6) is 0 Å². The van der Waals surface area contributed by atoms with Crippen LogP contribution in [0.4, 0.5) is 0 Å². The van der Waals surface area contributed by atoms with Crippen LogP contribution in [0.2, 0.25) is 5.02 Å². The van der Waals surface area contributed by atoms with Crippen LogP contribution in [0, 0.1) is 6.92 Å². The van der Waals surface area contributed by atoms with Gasteiger partial charge in [-0.2, -0.15) is 0 Å². The highest BCUT2D eigenvalue weighted by Crippen LogP contribution is 2.18. The molecule has 1 aromatic rings. The minimum absolute atomic E-state index is 0. The fourth-order valence-corrected chi connectivity index (χ4v) is 2.19. The normalized spacial score (nSPS) is 20.8. The predicted octanol–water partition coefficient (Wildman–Crippen LogP) is 2.60. The Kier molecular flexibility index (Phi) is 5.06. The Bertz CT molecular complexity index is 355. The summed E-state index contributed by atoms with van der Waals surface area (Å²) in [5.74, 6) is 0. The van der Waals surface area contributed by atoms with Crippen LogP contribution in [0.3, 0.4) is 0 Å². The summed E-state index contributed by atoms with van der Waals surface area (Å²) in [6.45, 7) is 5.16. The number of hydrogen-bond donors (Lipinski definition) is 1. The van der Waals surface area contributed by atoms with Gasteiger partial charge in [-0.25, -0.2) is 0 Å². The molecule has 1 aliphatic heterocycles. The van der Waals surface area contributed by atoms with Gasteiger partial charge < -0.3 is 5.73 Å². The molecule has 0 aliphatic carbocycles. The molecule has 2 rings (SSSR count). The van der Waals surface area contributed by atoms with Gasteiger partial charge in [0.05, 0.1) is 0 Å². The summed E-state index contributed by atoms with van der Waals surface area (Å²) in [7, 11) is 0. The maximum Gasteiger partial charge on any atom is 0.0435 e. The van der Waals surface area contributed by atoms with Crippen LogP contribution in [-0.4, -0.2) is 24.0 Å². The Hall–Kier alpha value is -0.280. The molecule has 2 N–H and O–H groups in total. The zero-order chi connectivity index (χ0) is 10.8. The largest absolute Gasteiger partial charge is 0.326 e. The van der Waals surface area contributed by atoms with E-state index in [4.69, 9.17) is 17.3 Å². The Morgan fingerprint density at radius 3 is 2.81 bits per heavy atom. The lowest BCUT2D eigenvalue weighted by molar-refractivity contribution is 0.327. The summed E-state index contributed by atoms with van der Waals surface area (Å²) in [6, 6.07) is 6.59. The van der Waals surface area contributed by atoms with E-state index in [2.05, 4.69) is 17.0 Å². The van der Waals surface area contributed by atoms with Gasteiger partial charge in [0.25, 0.3) is 0 Å². The minimum Gasteiger partial charge on any atom is -0.326 e. The van der Waals surface area contributed by atoms with Crippen molar-refractivity contribution in [3.8, 4) is 0 Å². The van der Waals surface area contributed by atoms with Crippen molar-refractivity contribution in [2.45, 2.75) is 25.9 Å². The number of hydrogen-bond acceptors (Lipinski definition) is 2. The third-order valence-corrected chi connectivity index (χ3v) is 3.36. The van der Waals surface area contributed by atoms with Crippen molar-refractivity contribution >= 4 is 24.0 Å². The van der Waals surface area contributed by atoms with Gasteiger partial charge in [-0.3, -0.25) is 4.90 Å². The lowest BCUT2D eigenvalue weighted by atomic mass is 10.1. The smallest absolute Gasteiger partial charge is 0.0435 e. The zero-order valence-corrected chi connectivity index (χ0v) is 11.0. The second-order valence-corrected chi connectivity index (χ2v) is 4.77. The van der Waals surface area contributed by atoms with E-state index < -0.39 is 0 Å². The van der Waals surface area contributed by atoms with Crippen LogP contribution in [0.25, 0.3) is 0 Å². The van der Waals surface area contributed by atoms with Crippen molar-refractivity contribution in [3.63, 3.8) is 0 Å². The molecule has 1 heterocycles. The third-order valence-electron chi connectivity index (χ3n) is 2.94. The van der Waals surface area contributed by atoms with Gasteiger partial charge in [0, 0.05) is 30.7 Å². The highest BCUT2D eigenvalue weighted by molar-refractivity contribution is 6.31. The van der Waals surface area contributed by atoms with E-state index in [0.29, 0.717) is 6.04 Å². The molecule has 1 atom stereocenters. The van der Waals surface area contributed by atoms with Gasteiger partial charge in [-0.1, -0.05) is 23.7 Å². The molecular weight excluding hydrogens is 243 g/mol. The molecule has 1 saturated heterocycles. The molecule has 16 heavy (non-hydrogen) atoms. The topological polar surface area (TPSA) is 29.3 Å². The van der Waals surface area contributed by atoms with E-state index in [1.54, 1.807) is 0 Å². The van der Waals surface area contributed by atoms with E-state index >= 15 is 0 Å². The van der Waals surface area contributed by atoms with Gasteiger partial charge in [-0.05, 0) is 30.5 Å². The summed E-state index contributed by atoms with van der Waals surface area (Å²) >= 11 is 5.99. The summed E-state index contributed by atoms with van der Waals surface area (Å²) in [6.07, 6.45) is 1.12. The molecule has 0 amide bonds. The molecule has 90 valence electrons. The Balaban J connectivity index is 0.00000128. The predicted molar refractivity (Wildman–Crippen MR) is 71.3 cm³/mol. The minimum atomic E-state index is 0. The maximum atomic E-state index is 5.99. The zero-order valence-electron chi connectivity index (χ0n) is 9.45. The second-order valence-electron chi connectivity index (χ2n) is 4.37. The van der Waals surface area contributed by atoms with Crippen LogP contribution >= 0.6 is 24.0 Å². The fraction of sp³-hybridized carbons (Fsp3) is 0.500. The average Bonchev–Trinajstić information content (AvgIpc) is 2.58. The van der Waals surface area contributed by atoms with Crippen LogP contribution in [0.15, 0.2) is 18.2 Å². The number of benzene rings is 1. The number of rotatable bonds is 2. The summed E-state index contributed by atoms with van der Waals surface area (Å²) in [5.41, 5.74) is 8.35. The SMILES string of the molecule is Cc1cc(CN2CC[C@@H](N)C2)ccc1Cl.Cl. The van der Waals surface area contributed by atoms with Crippen LogP contribution in [-0.2, 0) is 6.54 Å². The summed E-state index contributed by atoms with van der Waals surface area (Å²) in [4.78, 5) is 2.40. The standard InChI is InChI=1S/C12H17ClN2.ClH/c1-9-6-10(2-3-12(9)13)7-15-5-4-11(14)8-15;/h2-3,6,11H,4-5,7-8,14H2,1H3;1H/t11-;/m1./s1. The highest BCUT2D eigenvalue weighted by Gasteiger charge is 2.18. The number of likely N-dealkylation sites (tertiary alicyclic amines) is 1. The molecule has 0 spiro atoms. The number of aryl methyl sites for hydroxylation is 1. The van der Waals surface area contributed by atoms with Gasteiger partial charge in [0.15, 0.2) is 0 Å². The first-order chi connectivity index (χ1) is 7.15. The molecule has 4 heteroatoms. The van der Waals surface area contributed by atoms with Crippen molar-refractivity contribution < 1.29 is 0 Å². The van der Waals surface area contributed by atoms with Crippen molar-refractivity contribution in [2.24, 2.45) is 5.73 Å². The fourth-order valence-electron chi connectivity index (χ4n) is 2.07.